The number of hydrogen-bond acceptors (Lipinski definition) is 2. The third kappa shape index (κ3) is 2.52. The van der Waals surface area contributed by atoms with Crippen LogP contribution >= 0.6 is 11.6 Å². The van der Waals surface area contributed by atoms with Crippen LogP contribution in [0.1, 0.15) is 23.4 Å². The minimum atomic E-state index is -4.80. The average molecular weight is 262 g/mol. The Morgan fingerprint density at radius 3 is 2.31 bits per heavy atom. The zero-order valence-corrected chi connectivity index (χ0v) is 8.28. The van der Waals surface area contributed by atoms with Gasteiger partial charge in [0, 0.05) is 0 Å². The molecule has 90 valence electrons. The second kappa shape index (κ2) is 4.40. The van der Waals surface area contributed by atoms with Gasteiger partial charge in [0.15, 0.2) is 0 Å². The smallest absolute Gasteiger partial charge is 0.418 e. The highest BCUT2D eigenvalue weighted by Crippen LogP contribution is 2.37. The van der Waals surface area contributed by atoms with Gasteiger partial charge in [-0.3, -0.25) is 0 Å². The summed E-state index contributed by atoms with van der Waals surface area (Å²) in [6, 6.07) is 0.201. The summed E-state index contributed by atoms with van der Waals surface area (Å²) in [5.74, 6) is -1.87. The highest BCUT2D eigenvalue weighted by atomic mass is 35.5. The summed E-state index contributed by atoms with van der Waals surface area (Å²) in [6.45, 7) is 0. The summed E-state index contributed by atoms with van der Waals surface area (Å²) in [6.07, 6.45) is -7.96. The van der Waals surface area contributed by atoms with Gasteiger partial charge in [-0.25, -0.2) is 13.8 Å². The van der Waals surface area contributed by atoms with Crippen molar-refractivity contribution in [2.45, 2.75) is 18.5 Å². The Balaban J connectivity index is 3.38. The van der Waals surface area contributed by atoms with E-state index in [1.54, 1.807) is 0 Å². The highest BCUT2D eigenvalue weighted by Gasteiger charge is 2.35. The number of nitrogens with zero attached hydrogens (tertiary/aromatic N) is 1. The lowest BCUT2D eigenvalue weighted by atomic mass is 10.1. The van der Waals surface area contributed by atoms with Crippen molar-refractivity contribution in [1.29, 1.82) is 0 Å². The Morgan fingerprint density at radius 1 is 1.38 bits per heavy atom. The third-order valence-corrected chi connectivity index (χ3v) is 2.00. The number of halogens is 6. The van der Waals surface area contributed by atoms with Crippen LogP contribution in [0.3, 0.4) is 0 Å². The van der Waals surface area contributed by atoms with Crippen LogP contribution in [0.5, 0.6) is 5.75 Å². The summed E-state index contributed by atoms with van der Waals surface area (Å²) >= 11 is 5.18. The van der Waals surface area contributed by atoms with Crippen LogP contribution in [0.2, 0.25) is 0 Å². The van der Waals surface area contributed by atoms with Crippen LogP contribution in [0.4, 0.5) is 22.0 Å². The highest BCUT2D eigenvalue weighted by molar-refractivity contribution is 6.17. The third-order valence-electron chi connectivity index (χ3n) is 1.75. The minimum Gasteiger partial charge on any atom is -0.506 e. The largest absolute Gasteiger partial charge is 0.506 e. The summed E-state index contributed by atoms with van der Waals surface area (Å²) in [5.41, 5.74) is -3.16. The first-order valence-corrected chi connectivity index (χ1v) is 4.45. The fourth-order valence-electron chi connectivity index (χ4n) is 1.06. The normalized spacial score (nSPS) is 12.2. The molecule has 1 rings (SSSR count). The van der Waals surface area contributed by atoms with Gasteiger partial charge in [0.2, 0.25) is 0 Å². The molecule has 1 N–H and O–H groups in total. The molecular formula is C8H5ClF5NO. The fourth-order valence-corrected chi connectivity index (χ4v) is 1.27. The maximum atomic E-state index is 12.4. The second-order valence-corrected chi connectivity index (χ2v) is 3.09. The average Bonchev–Trinajstić information content (AvgIpc) is 2.15. The van der Waals surface area contributed by atoms with Gasteiger partial charge in [0.1, 0.15) is 11.4 Å². The molecule has 0 unspecified atom stereocenters. The molecule has 1 aromatic heterocycles. The van der Waals surface area contributed by atoms with E-state index in [4.69, 9.17) is 16.7 Å². The van der Waals surface area contributed by atoms with Crippen LogP contribution in [0.25, 0.3) is 0 Å². The summed E-state index contributed by atoms with van der Waals surface area (Å²) in [5, 5.41) is 8.96. The number of rotatable bonds is 2. The summed E-state index contributed by atoms with van der Waals surface area (Å²) < 4.78 is 61.5. The number of aromatic nitrogens is 1. The molecule has 0 radical (unpaired) electrons. The van der Waals surface area contributed by atoms with Gasteiger partial charge in [-0.2, -0.15) is 13.2 Å². The maximum absolute atomic E-state index is 12.4. The van der Waals surface area contributed by atoms with Gasteiger partial charge >= 0.3 is 6.18 Å². The Bertz CT molecular complexity index is 393. The quantitative estimate of drug-likeness (QED) is 0.653. The molecule has 0 atom stereocenters. The predicted molar refractivity (Wildman–Crippen MR) is 45.4 cm³/mol. The van der Waals surface area contributed by atoms with Crippen molar-refractivity contribution >= 4 is 11.6 Å². The number of hydrogen-bond donors (Lipinski definition) is 1. The lowest BCUT2D eigenvalue weighted by molar-refractivity contribution is -0.138. The Labute approximate surface area is 91.7 Å². The molecule has 0 bridgehead atoms. The van der Waals surface area contributed by atoms with Gasteiger partial charge in [-0.05, 0) is 6.07 Å². The molecule has 0 aliphatic heterocycles. The SMILES string of the molecule is Oc1cc(C(F)(F)F)c(CCl)nc1C(F)F. The van der Waals surface area contributed by atoms with Crippen molar-refractivity contribution in [3.63, 3.8) is 0 Å². The van der Waals surface area contributed by atoms with Crippen LogP contribution in [-0.2, 0) is 12.1 Å². The van der Waals surface area contributed by atoms with Crippen molar-refractivity contribution in [3.8, 4) is 5.75 Å². The molecule has 0 aromatic carbocycles. The van der Waals surface area contributed by atoms with Crippen LogP contribution in [0, 0.1) is 0 Å². The summed E-state index contributed by atoms with van der Waals surface area (Å²) in [4.78, 5) is 3.00. The topological polar surface area (TPSA) is 33.1 Å². The van der Waals surface area contributed by atoms with Gasteiger partial charge in [0.25, 0.3) is 6.43 Å². The Kier molecular flexibility index (Phi) is 3.57. The standard InChI is InChI=1S/C8H5ClF5NO/c9-2-4-3(8(12,13)14)1-5(16)6(15-4)7(10)11/h1,7,16H,2H2. The van der Waals surface area contributed by atoms with Gasteiger partial charge in [-0.15, -0.1) is 11.6 Å². The monoisotopic (exact) mass is 261 g/mol. The van der Waals surface area contributed by atoms with E-state index >= 15 is 0 Å². The lowest BCUT2D eigenvalue weighted by Gasteiger charge is -2.13. The Morgan fingerprint density at radius 2 is 1.94 bits per heavy atom. The fraction of sp³-hybridized carbons (Fsp3) is 0.375. The summed E-state index contributed by atoms with van der Waals surface area (Å²) in [7, 11) is 0. The van der Waals surface area contributed by atoms with Gasteiger partial charge in [0.05, 0.1) is 17.1 Å². The number of alkyl halides is 6. The van der Waals surface area contributed by atoms with Crippen molar-refractivity contribution < 1.29 is 27.1 Å². The van der Waals surface area contributed by atoms with Crippen LogP contribution in [0.15, 0.2) is 6.07 Å². The molecule has 8 heteroatoms. The maximum Gasteiger partial charge on any atom is 0.418 e. The van der Waals surface area contributed by atoms with E-state index < -0.39 is 41.2 Å². The molecule has 1 aromatic rings. The molecule has 0 aliphatic rings. The van der Waals surface area contributed by atoms with E-state index in [9.17, 15) is 22.0 Å². The molecule has 1 heterocycles. The zero-order chi connectivity index (χ0) is 12.5. The van der Waals surface area contributed by atoms with E-state index in [1.807, 2.05) is 0 Å². The second-order valence-electron chi connectivity index (χ2n) is 2.82. The van der Waals surface area contributed by atoms with E-state index in [0.29, 0.717) is 0 Å². The van der Waals surface area contributed by atoms with Gasteiger partial charge in [-0.1, -0.05) is 0 Å². The van der Waals surface area contributed by atoms with Crippen molar-refractivity contribution in [2.75, 3.05) is 0 Å². The predicted octanol–water partition coefficient (Wildman–Crippen LogP) is 3.48. The zero-order valence-electron chi connectivity index (χ0n) is 7.52. The molecule has 0 saturated carbocycles. The lowest BCUT2D eigenvalue weighted by Crippen LogP contribution is -2.11. The molecule has 0 fully saturated rings. The van der Waals surface area contributed by atoms with E-state index in [0.717, 1.165) is 0 Å². The molecule has 0 aliphatic carbocycles. The van der Waals surface area contributed by atoms with E-state index in [1.165, 1.54) is 0 Å². The van der Waals surface area contributed by atoms with E-state index in [2.05, 4.69) is 4.98 Å². The molecule has 2 nitrogen and oxygen atoms in total. The molecule has 0 spiro atoms. The van der Waals surface area contributed by atoms with Crippen LogP contribution < -0.4 is 0 Å². The van der Waals surface area contributed by atoms with Gasteiger partial charge < -0.3 is 5.11 Å². The van der Waals surface area contributed by atoms with Crippen molar-refractivity contribution in [3.05, 3.63) is 23.0 Å². The number of aromatic hydroxyl groups is 1. The van der Waals surface area contributed by atoms with E-state index in [-0.39, 0.29) is 6.07 Å². The minimum absolute atomic E-state index is 0.201. The molecule has 16 heavy (non-hydrogen) atoms. The number of pyridine rings is 1. The first kappa shape index (κ1) is 13.0. The first-order valence-electron chi connectivity index (χ1n) is 3.91. The molecule has 0 amide bonds. The molecule has 0 saturated heterocycles. The van der Waals surface area contributed by atoms with Crippen molar-refractivity contribution in [2.24, 2.45) is 0 Å². The first-order chi connectivity index (χ1) is 7.27. The van der Waals surface area contributed by atoms with Crippen molar-refractivity contribution in [1.82, 2.24) is 4.98 Å². The Hall–Kier alpha value is -1.11. The molecular weight excluding hydrogens is 257 g/mol. The van der Waals surface area contributed by atoms with Crippen LogP contribution in [-0.4, -0.2) is 10.1 Å².